The summed E-state index contributed by atoms with van der Waals surface area (Å²) in [6, 6.07) is 143. The van der Waals surface area contributed by atoms with Gasteiger partial charge in [-0.1, -0.05) is 314 Å². The number of aryl methyl sites for hydroxylation is 4. The predicted molar refractivity (Wildman–Crippen MR) is 482 cm³/mol. The molecule has 0 saturated heterocycles. The van der Waals surface area contributed by atoms with Crippen LogP contribution in [0.2, 0.25) is 0 Å². The smallest absolute Gasteiger partial charge is 0.0728 e. The van der Waals surface area contributed by atoms with Crippen molar-refractivity contribution in [2.45, 2.75) is 33.1 Å². The summed E-state index contributed by atoms with van der Waals surface area (Å²) in [6.07, 6.45) is 17.6. The zero-order valence-corrected chi connectivity index (χ0v) is 63.9. The van der Waals surface area contributed by atoms with E-state index in [2.05, 4.69) is 484 Å². The fourth-order valence-electron chi connectivity index (χ4n) is 16.3. The summed E-state index contributed by atoms with van der Waals surface area (Å²) in [7, 11) is 0. The normalized spacial score (nSPS) is 12.4. The van der Waals surface area contributed by atoms with E-state index in [1.54, 1.807) is 0 Å². The van der Waals surface area contributed by atoms with Crippen LogP contribution in [-0.4, -0.2) is 0 Å². The van der Waals surface area contributed by atoms with Crippen molar-refractivity contribution < 1.29 is 0 Å². The summed E-state index contributed by atoms with van der Waals surface area (Å²) in [5, 5.41) is 0. The molecule has 0 amide bonds. The van der Waals surface area contributed by atoms with Gasteiger partial charge in [0.2, 0.25) is 0 Å². The summed E-state index contributed by atoms with van der Waals surface area (Å²) in [5.74, 6) is 0. The molecule has 2 aliphatic rings. The molecule has 0 aromatic heterocycles. The molecule has 0 radical (unpaired) electrons. The minimum atomic E-state index is -0.959. The first-order chi connectivity index (χ1) is 55.6. The quantitative estimate of drug-likeness (QED) is 0.0705. The highest BCUT2D eigenvalue weighted by atomic mass is 15.2. The molecule has 0 saturated carbocycles. The van der Waals surface area contributed by atoms with E-state index >= 15 is 0 Å². The SMILES string of the molecule is Cc1ccc(N(c2ccc(/C=C/c3ccccc3)cc2)c2ccc3c(c2)C2(c4cc(N(c5ccc(C)cc5)c5ccc(/C=C/c6ccccc6)cc5)ccc4-3)c3cc(N(c4ccc(C)cc4)c4ccc(/C=C/c5ccccc5)cc4)ccc3-c3ccc(N(c4ccc(C)cc4)c4ccc(/C=C/c5ccccc5)cc4)cc32)cc1. The third kappa shape index (κ3) is 14.3. The maximum absolute atomic E-state index is 2.54. The molecule has 4 nitrogen and oxygen atoms in total. The van der Waals surface area contributed by atoms with Crippen LogP contribution >= 0.6 is 0 Å². The van der Waals surface area contributed by atoms with Gasteiger partial charge in [-0.3, -0.25) is 0 Å². The molecule has 540 valence electrons. The number of hydrogen-bond donors (Lipinski definition) is 0. The number of anilines is 12. The number of fused-ring (bicyclic) bond motifs is 10. The topological polar surface area (TPSA) is 13.0 Å². The molecule has 16 aromatic rings. The second-order valence-electron chi connectivity index (χ2n) is 29.7. The van der Waals surface area contributed by atoms with Crippen molar-refractivity contribution in [3.8, 4) is 22.3 Å². The highest BCUT2D eigenvalue weighted by Crippen LogP contribution is 2.66. The van der Waals surface area contributed by atoms with Gasteiger partial charge in [-0.15, -0.1) is 0 Å². The Bertz CT molecular complexity index is 5410. The summed E-state index contributed by atoms with van der Waals surface area (Å²) in [5.41, 5.74) is 35.0. The minimum absolute atomic E-state index is 0.959. The van der Waals surface area contributed by atoms with Gasteiger partial charge in [-0.2, -0.15) is 0 Å². The van der Waals surface area contributed by atoms with Gasteiger partial charge in [-0.05, 0) is 262 Å². The summed E-state index contributed by atoms with van der Waals surface area (Å²) >= 11 is 0. The van der Waals surface area contributed by atoms with Crippen LogP contribution in [0.15, 0.2) is 388 Å². The van der Waals surface area contributed by atoms with Crippen LogP contribution in [0.3, 0.4) is 0 Å². The molecule has 16 aromatic carbocycles. The lowest BCUT2D eigenvalue weighted by molar-refractivity contribution is 0.793. The van der Waals surface area contributed by atoms with E-state index in [4.69, 9.17) is 0 Å². The second-order valence-corrected chi connectivity index (χ2v) is 29.7. The Morgan fingerprint density at radius 2 is 0.310 bits per heavy atom. The molecule has 0 heterocycles. The first-order valence-corrected chi connectivity index (χ1v) is 39.0. The Labute approximate surface area is 664 Å². The molecular weight excluding hydrogens is 1370 g/mol. The number of nitrogens with zero attached hydrogens (tertiary/aromatic N) is 4. The first-order valence-electron chi connectivity index (χ1n) is 39.0. The molecule has 0 unspecified atom stereocenters. The lowest BCUT2D eigenvalue weighted by Gasteiger charge is -2.35. The van der Waals surface area contributed by atoms with Crippen LogP contribution < -0.4 is 19.6 Å². The van der Waals surface area contributed by atoms with E-state index in [0.717, 1.165) is 113 Å². The number of rotatable bonds is 20. The molecule has 4 heteroatoms. The minimum Gasteiger partial charge on any atom is -0.310 e. The van der Waals surface area contributed by atoms with Gasteiger partial charge in [0.15, 0.2) is 0 Å². The van der Waals surface area contributed by atoms with Crippen LogP contribution in [0.4, 0.5) is 68.2 Å². The van der Waals surface area contributed by atoms with Gasteiger partial charge in [0, 0.05) is 68.2 Å². The van der Waals surface area contributed by atoms with Gasteiger partial charge in [0.25, 0.3) is 0 Å². The molecule has 2 aliphatic carbocycles. The largest absolute Gasteiger partial charge is 0.310 e. The zero-order valence-electron chi connectivity index (χ0n) is 63.9. The molecule has 1 spiro atoms. The molecular formula is C109H84N4. The Kier molecular flexibility index (Phi) is 19.3. The lowest BCUT2D eigenvalue weighted by atomic mass is 9.70. The van der Waals surface area contributed by atoms with E-state index in [9.17, 15) is 0 Å². The highest BCUT2D eigenvalue weighted by Gasteiger charge is 2.53. The average molecular weight is 1450 g/mol. The third-order valence-corrected chi connectivity index (χ3v) is 22.1. The Morgan fingerprint density at radius 1 is 0.159 bits per heavy atom. The lowest BCUT2D eigenvalue weighted by Crippen LogP contribution is -2.27. The highest BCUT2D eigenvalue weighted by molar-refractivity contribution is 6.00. The average Bonchev–Trinajstić information content (AvgIpc) is 1.50. The fraction of sp³-hybridized carbons (Fsp3) is 0.0459. The van der Waals surface area contributed by atoms with E-state index in [1.165, 1.54) is 66.8 Å². The van der Waals surface area contributed by atoms with Crippen molar-refractivity contribution >= 4 is 117 Å². The zero-order chi connectivity index (χ0) is 76.2. The first kappa shape index (κ1) is 70.4. The van der Waals surface area contributed by atoms with Gasteiger partial charge >= 0.3 is 0 Å². The molecule has 113 heavy (non-hydrogen) atoms. The second kappa shape index (κ2) is 31.0. The maximum Gasteiger partial charge on any atom is 0.0728 e. The van der Waals surface area contributed by atoms with Crippen LogP contribution in [-0.2, 0) is 5.41 Å². The van der Waals surface area contributed by atoms with Gasteiger partial charge in [-0.25, -0.2) is 0 Å². The van der Waals surface area contributed by atoms with Crippen molar-refractivity contribution in [1.29, 1.82) is 0 Å². The van der Waals surface area contributed by atoms with Crippen LogP contribution in [0.5, 0.6) is 0 Å². The Hall–Kier alpha value is -14.3. The fourth-order valence-corrected chi connectivity index (χ4v) is 16.3. The maximum atomic E-state index is 2.54. The van der Waals surface area contributed by atoms with Crippen LogP contribution in [0, 0.1) is 27.7 Å². The summed E-state index contributed by atoms with van der Waals surface area (Å²) in [6.45, 7) is 8.68. The molecule has 0 atom stereocenters. The standard InChI is InChI=1S/C109H84N4/c1-77-25-49-89(50-26-77)110(93-57-41-85(42-58-93)37-33-81-17-9-5-10-18-81)97-65-69-101-102-70-66-98(111(90-51-27-78(2)28-52-90)94-59-43-86(44-60-94)38-34-82-19-11-6-12-20-82)74-106(102)109(105(101)73-97)107-75-99(112(91-53-29-79(3)30-54-91)95-61-45-87(46-62-95)39-35-83-21-13-7-14-22-83)67-71-103(107)104-72-68-100(76-108(104)109)113(92-55-31-80(4)32-56-92)96-63-47-88(48-64-96)40-36-84-23-15-8-16-24-84/h5-76H,1-4H3/b37-33+,38-34+,39-35+,40-36+. The predicted octanol–water partition coefficient (Wildman–Crippen LogP) is 29.8. The van der Waals surface area contributed by atoms with Gasteiger partial charge in [0.05, 0.1) is 5.41 Å². The molecule has 0 aliphatic heterocycles. The van der Waals surface area contributed by atoms with E-state index in [-0.39, 0.29) is 0 Å². The van der Waals surface area contributed by atoms with Crippen LogP contribution in [0.25, 0.3) is 70.9 Å². The Balaban J connectivity index is 0.888. The van der Waals surface area contributed by atoms with E-state index < -0.39 is 5.41 Å². The third-order valence-electron chi connectivity index (χ3n) is 22.1. The van der Waals surface area contributed by atoms with Gasteiger partial charge in [0.1, 0.15) is 0 Å². The van der Waals surface area contributed by atoms with Crippen molar-refractivity contribution in [3.63, 3.8) is 0 Å². The molecule has 0 N–H and O–H groups in total. The Morgan fingerprint density at radius 3 is 0.487 bits per heavy atom. The molecule has 0 bridgehead atoms. The molecule has 0 fully saturated rings. The van der Waals surface area contributed by atoms with Crippen molar-refractivity contribution in [1.82, 2.24) is 0 Å². The van der Waals surface area contributed by atoms with Crippen LogP contribution in [0.1, 0.15) is 89.0 Å². The van der Waals surface area contributed by atoms with Crippen molar-refractivity contribution in [2.24, 2.45) is 0 Å². The monoisotopic (exact) mass is 1450 g/mol. The molecule has 18 rings (SSSR count). The van der Waals surface area contributed by atoms with Crippen molar-refractivity contribution in [3.05, 3.63) is 477 Å². The van der Waals surface area contributed by atoms with Gasteiger partial charge < -0.3 is 19.6 Å². The summed E-state index contributed by atoms with van der Waals surface area (Å²) < 4.78 is 0. The van der Waals surface area contributed by atoms with E-state index in [0.29, 0.717) is 0 Å². The number of benzene rings is 16. The number of hydrogen-bond acceptors (Lipinski definition) is 4. The van der Waals surface area contributed by atoms with E-state index in [1.807, 2.05) is 0 Å². The van der Waals surface area contributed by atoms with Crippen molar-refractivity contribution in [2.75, 3.05) is 19.6 Å². The summed E-state index contributed by atoms with van der Waals surface area (Å²) in [4.78, 5) is 9.79.